The molecule has 0 saturated heterocycles. The molecule has 0 radical (unpaired) electrons. The maximum Gasteiger partial charge on any atom is 0.190 e. The molecule has 0 bridgehead atoms. The molecule has 74 valence electrons. The molecule has 0 saturated carbocycles. The lowest BCUT2D eigenvalue weighted by Crippen LogP contribution is -2.00. The van der Waals surface area contributed by atoms with Crippen molar-refractivity contribution in [2.24, 2.45) is 0 Å². The highest BCUT2D eigenvalue weighted by atomic mass is 35.6. The SMILES string of the molecule is [SiH3]CCCCCCCC(Cl)(Cl)Cl. The van der Waals surface area contributed by atoms with Gasteiger partial charge in [-0.15, -0.1) is 0 Å². The topological polar surface area (TPSA) is 0 Å². The predicted octanol–water partition coefficient (Wildman–Crippen LogP) is 3.48. The van der Waals surface area contributed by atoms with E-state index < -0.39 is 3.79 Å². The molecule has 0 aromatic carbocycles. The number of unbranched alkanes of at least 4 members (excludes halogenated alkanes) is 4. The van der Waals surface area contributed by atoms with Crippen molar-refractivity contribution in [2.75, 3.05) is 0 Å². The number of halogens is 3. The largest absolute Gasteiger partial charge is 0.190 e. The zero-order valence-corrected chi connectivity index (χ0v) is 11.9. The molecule has 0 atom stereocenters. The zero-order valence-electron chi connectivity index (χ0n) is 7.58. The Morgan fingerprint density at radius 1 is 0.833 bits per heavy atom. The van der Waals surface area contributed by atoms with Gasteiger partial charge in [0.15, 0.2) is 3.79 Å². The van der Waals surface area contributed by atoms with E-state index in [9.17, 15) is 0 Å². The summed E-state index contributed by atoms with van der Waals surface area (Å²) in [7, 11) is 1.34. The van der Waals surface area contributed by atoms with E-state index in [0.717, 1.165) is 6.42 Å². The molecular weight excluding hydrogens is 231 g/mol. The molecule has 0 amide bonds. The van der Waals surface area contributed by atoms with Crippen LogP contribution in [0.3, 0.4) is 0 Å². The summed E-state index contributed by atoms with van der Waals surface area (Å²) in [5.41, 5.74) is 0. The minimum atomic E-state index is -1.03. The Morgan fingerprint density at radius 3 is 1.83 bits per heavy atom. The van der Waals surface area contributed by atoms with Crippen molar-refractivity contribution in [3.63, 3.8) is 0 Å². The van der Waals surface area contributed by atoms with Gasteiger partial charge in [-0.05, 0) is 12.8 Å². The highest BCUT2D eigenvalue weighted by Gasteiger charge is 2.17. The summed E-state index contributed by atoms with van der Waals surface area (Å²) in [6, 6.07) is 1.42. The van der Waals surface area contributed by atoms with E-state index in [4.69, 9.17) is 34.8 Å². The van der Waals surface area contributed by atoms with Crippen molar-refractivity contribution in [2.45, 2.75) is 48.4 Å². The first-order chi connectivity index (χ1) is 5.56. The second-order valence-electron chi connectivity index (χ2n) is 3.13. The molecule has 0 aromatic rings. The van der Waals surface area contributed by atoms with Crippen LogP contribution < -0.4 is 0 Å². The summed E-state index contributed by atoms with van der Waals surface area (Å²) in [6.07, 6.45) is 6.97. The van der Waals surface area contributed by atoms with E-state index in [1.54, 1.807) is 0 Å². The number of hydrogen-bond acceptors (Lipinski definition) is 0. The van der Waals surface area contributed by atoms with Crippen LogP contribution in [0, 0.1) is 0 Å². The second-order valence-corrected chi connectivity index (χ2v) is 6.65. The van der Waals surface area contributed by atoms with Gasteiger partial charge >= 0.3 is 0 Å². The summed E-state index contributed by atoms with van der Waals surface area (Å²) >= 11 is 16.8. The molecule has 4 heteroatoms. The van der Waals surface area contributed by atoms with Crippen molar-refractivity contribution in [3.8, 4) is 0 Å². The number of alkyl halides is 3. The molecular formula is C8H17Cl3Si. The number of rotatable bonds is 6. The van der Waals surface area contributed by atoms with Crippen LogP contribution in [0.5, 0.6) is 0 Å². The Kier molecular flexibility index (Phi) is 8.17. The van der Waals surface area contributed by atoms with Gasteiger partial charge in [-0.1, -0.05) is 66.5 Å². The molecule has 0 fully saturated rings. The van der Waals surface area contributed by atoms with Gasteiger partial charge in [0, 0.05) is 10.2 Å². The van der Waals surface area contributed by atoms with Crippen LogP contribution in [-0.2, 0) is 0 Å². The molecule has 0 unspecified atom stereocenters. The molecule has 0 heterocycles. The molecule has 0 rings (SSSR count). The average Bonchev–Trinajstić information content (AvgIpc) is 1.94. The van der Waals surface area contributed by atoms with Crippen LogP contribution in [0.15, 0.2) is 0 Å². The second kappa shape index (κ2) is 7.49. The number of hydrogen-bond donors (Lipinski definition) is 0. The summed E-state index contributed by atoms with van der Waals surface area (Å²) < 4.78 is -1.03. The van der Waals surface area contributed by atoms with Crippen LogP contribution in [0.25, 0.3) is 0 Å². The van der Waals surface area contributed by atoms with E-state index >= 15 is 0 Å². The molecule has 0 aliphatic heterocycles. The quantitative estimate of drug-likeness (QED) is 0.383. The highest BCUT2D eigenvalue weighted by molar-refractivity contribution is 6.67. The summed E-state index contributed by atoms with van der Waals surface area (Å²) in [5.74, 6) is 0. The Labute approximate surface area is 93.4 Å². The van der Waals surface area contributed by atoms with Gasteiger partial charge in [0.05, 0.1) is 0 Å². The highest BCUT2D eigenvalue weighted by Crippen LogP contribution is 2.32. The van der Waals surface area contributed by atoms with Gasteiger partial charge in [0.2, 0.25) is 0 Å². The Balaban J connectivity index is 3.01. The minimum Gasteiger partial charge on any atom is -0.0837 e. The van der Waals surface area contributed by atoms with Crippen molar-refractivity contribution >= 4 is 45.0 Å². The van der Waals surface area contributed by atoms with Gasteiger partial charge < -0.3 is 0 Å². The van der Waals surface area contributed by atoms with E-state index in [-0.39, 0.29) is 0 Å². The van der Waals surface area contributed by atoms with Gasteiger partial charge in [-0.3, -0.25) is 0 Å². The lowest BCUT2D eigenvalue weighted by Gasteiger charge is -2.09. The third kappa shape index (κ3) is 11.1. The molecule has 0 spiro atoms. The smallest absolute Gasteiger partial charge is 0.0837 e. The van der Waals surface area contributed by atoms with Crippen LogP contribution in [0.1, 0.15) is 38.5 Å². The molecule has 0 aliphatic rings. The van der Waals surface area contributed by atoms with Crippen LogP contribution >= 0.6 is 34.8 Å². The van der Waals surface area contributed by atoms with Crippen LogP contribution in [0.2, 0.25) is 6.04 Å². The summed E-state index contributed by atoms with van der Waals surface area (Å²) in [5, 5.41) is 0. The van der Waals surface area contributed by atoms with Gasteiger partial charge in [0.25, 0.3) is 0 Å². The fourth-order valence-electron chi connectivity index (χ4n) is 1.11. The first-order valence-electron chi connectivity index (χ1n) is 4.63. The standard InChI is InChI=1S/C8H17Cl3Si/c9-8(10,11)6-4-2-1-3-5-7-12/h1-7H2,12H3. The van der Waals surface area contributed by atoms with Gasteiger partial charge in [-0.25, -0.2) is 0 Å². The predicted molar refractivity (Wildman–Crippen MR) is 62.7 cm³/mol. The summed E-state index contributed by atoms with van der Waals surface area (Å²) in [4.78, 5) is 0. The monoisotopic (exact) mass is 246 g/mol. The normalized spacial score (nSPS) is 12.2. The van der Waals surface area contributed by atoms with E-state index in [1.165, 1.54) is 42.0 Å². The lowest BCUT2D eigenvalue weighted by atomic mass is 10.1. The van der Waals surface area contributed by atoms with Gasteiger partial charge in [-0.2, -0.15) is 0 Å². The molecule has 0 nitrogen and oxygen atoms in total. The minimum absolute atomic E-state index is 0.693. The van der Waals surface area contributed by atoms with Crippen LogP contribution in [-0.4, -0.2) is 14.0 Å². The Hall–Kier alpha value is 1.09. The summed E-state index contributed by atoms with van der Waals surface area (Å²) in [6.45, 7) is 0. The maximum atomic E-state index is 5.61. The molecule has 0 aliphatic carbocycles. The third-order valence-corrected chi connectivity index (χ3v) is 3.09. The average molecular weight is 248 g/mol. The molecule has 12 heavy (non-hydrogen) atoms. The van der Waals surface area contributed by atoms with Crippen molar-refractivity contribution in [1.82, 2.24) is 0 Å². The Morgan fingerprint density at radius 2 is 1.33 bits per heavy atom. The zero-order chi connectivity index (χ0) is 9.45. The third-order valence-electron chi connectivity index (χ3n) is 1.81. The fourth-order valence-corrected chi connectivity index (χ4v) is 2.01. The van der Waals surface area contributed by atoms with Crippen molar-refractivity contribution in [3.05, 3.63) is 0 Å². The lowest BCUT2D eigenvalue weighted by molar-refractivity contribution is 0.612. The van der Waals surface area contributed by atoms with E-state index in [2.05, 4.69) is 0 Å². The molecule has 0 N–H and O–H groups in total. The van der Waals surface area contributed by atoms with E-state index in [1.807, 2.05) is 0 Å². The Bertz CT molecular complexity index is 101. The van der Waals surface area contributed by atoms with Crippen molar-refractivity contribution < 1.29 is 0 Å². The fraction of sp³-hybridized carbons (Fsp3) is 1.00. The first-order valence-corrected chi connectivity index (χ1v) is 7.18. The maximum absolute atomic E-state index is 5.61. The van der Waals surface area contributed by atoms with Crippen LogP contribution in [0.4, 0.5) is 0 Å². The van der Waals surface area contributed by atoms with Gasteiger partial charge in [0.1, 0.15) is 0 Å². The first kappa shape index (κ1) is 13.1. The van der Waals surface area contributed by atoms with E-state index in [0.29, 0.717) is 6.42 Å². The van der Waals surface area contributed by atoms with Crippen molar-refractivity contribution in [1.29, 1.82) is 0 Å². The molecule has 0 aromatic heterocycles.